The van der Waals surface area contributed by atoms with Crippen LogP contribution in [0, 0.1) is 0 Å². The van der Waals surface area contributed by atoms with E-state index in [2.05, 4.69) is 5.32 Å². The largest absolute Gasteiger partial charge is 0.324 e. The molecule has 5 heteroatoms. The summed E-state index contributed by atoms with van der Waals surface area (Å²) in [5.41, 5.74) is 0.618. The van der Waals surface area contributed by atoms with Gasteiger partial charge in [-0.15, -0.1) is 0 Å². The summed E-state index contributed by atoms with van der Waals surface area (Å²) in [6, 6.07) is 6.43. The summed E-state index contributed by atoms with van der Waals surface area (Å²) in [6.45, 7) is 1.35. The van der Waals surface area contributed by atoms with E-state index in [0.29, 0.717) is 10.8 Å². The molecule has 0 spiro atoms. The third kappa shape index (κ3) is 2.30. The van der Waals surface area contributed by atoms with Crippen LogP contribution in [-0.2, 0) is 9.59 Å². The Hall–Kier alpha value is -1.88. The highest BCUT2D eigenvalue weighted by atomic mass is 16.5. The number of hydroxylamine groups is 1. The fourth-order valence-electron chi connectivity index (χ4n) is 1.03. The summed E-state index contributed by atoms with van der Waals surface area (Å²) < 4.78 is 0. The Morgan fingerprint density at radius 3 is 2.71 bits per heavy atom. The fourth-order valence-corrected chi connectivity index (χ4v) is 1.03. The van der Waals surface area contributed by atoms with E-state index in [1.54, 1.807) is 18.2 Å². The third-order valence-corrected chi connectivity index (χ3v) is 1.56. The molecule has 0 unspecified atom stereocenters. The number of para-hydroxylation sites is 2. The molecule has 0 saturated heterocycles. The maximum absolute atomic E-state index is 10.8. The lowest BCUT2D eigenvalue weighted by molar-refractivity contribution is -0.114. The minimum absolute atomic E-state index is 0.234. The van der Waals surface area contributed by atoms with E-state index in [0.717, 1.165) is 0 Å². The maximum atomic E-state index is 10.8. The zero-order valence-electron chi connectivity index (χ0n) is 7.60. The van der Waals surface area contributed by atoms with Crippen molar-refractivity contribution in [2.24, 2.45) is 0 Å². The van der Waals surface area contributed by atoms with Crippen molar-refractivity contribution in [2.75, 3.05) is 10.4 Å². The smallest absolute Gasteiger partial charge is 0.238 e. The first kappa shape index (κ1) is 10.2. The summed E-state index contributed by atoms with van der Waals surface area (Å²) in [7, 11) is 0. The van der Waals surface area contributed by atoms with E-state index in [1.807, 2.05) is 0 Å². The molecule has 0 aromatic heterocycles. The van der Waals surface area contributed by atoms with Gasteiger partial charge in [-0.3, -0.25) is 14.8 Å². The standard InChI is InChI=1S/C9H10N2O3/c1-7(13)10-8-4-2-3-5-9(8)11(14)6-12/h2-6,14H,1H3,(H,10,13). The normalized spacial score (nSPS) is 9.29. The predicted molar refractivity (Wildman–Crippen MR) is 51.1 cm³/mol. The number of hydrogen-bond acceptors (Lipinski definition) is 3. The first-order valence-corrected chi connectivity index (χ1v) is 3.95. The van der Waals surface area contributed by atoms with Crippen LogP contribution in [0.2, 0.25) is 0 Å². The number of rotatable bonds is 3. The number of amides is 2. The van der Waals surface area contributed by atoms with E-state index in [4.69, 9.17) is 5.21 Å². The van der Waals surface area contributed by atoms with Gasteiger partial charge >= 0.3 is 0 Å². The zero-order valence-corrected chi connectivity index (χ0v) is 7.60. The van der Waals surface area contributed by atoms with Crippen molar-refractivity contribution in [3.8, 4) is 0 Å². The average molecular weight is 194 g/mol. The quantitative estimate of drug-likeness (QED) is 0.428. The van der Waals surface area contributed by atoms with Crippen molar-refractivity contribution in [2.45, 2.75) is 6.92 Å². The highest BCUT2D eigenvalue weighted by Gasteiger charge is 2.07. The van der Waals surface area contributed by atoms with Crippen LogP contribution in [0.15, 0.2) is 24.3 Å². The number of hydrogen-bond donors (Lipinski definition) is 2. The molecule has 0 aliphatic heterocycles. The average Bonchev–Trinajstić information content (AvgIpc) is 2.16. The predicted octanol–water partition coefficient (Wildman–Crippen LogP) is 0.997. The summed E-state index contributed by atoms with van der Waals surface area (Å²) in [6.07, 6.45) is 0.251. The Labute approximate surface area is 80.9 Å². The van der Waals surface area contributed by atoms with Gasteiger partial charge in [-0.25, -0.2) is 0 Å². The Balaban J connectivity index is 3.02. The minimum atomic E-state index is -0.267. The second-order valence-corrected chi connectivity index (χ2v) is 2.65. The maximum Gasteiger partial charge on any atom is 0.238 e. The molecule has 14 heavy (non-hydrogen) atoms. The number of nitrogens with one attached hydrogen (secondary N) is 1. The van der Waals surface area contributed by atoms with Crippen LogP contribution in [0.3, 0.4) is 0 Å². The molecule has 74 valence electrons. The van der Waals surface area contributed by atoms with Gasteiger partial charge in [0.05, 0.1) is 11.4 Å². The molecule has 0 bridgehead atoms. The van der Waals surface area contributed by atoms with Crippen LogP contribution < -0.4 is 10.4 Å². The van der Waals surface area contributed by atoms with Crippen molar-refractivity contribution >= 4 is 23.7 Å². The molecule has 1 aromatic rings. The van der Waals surface area contributed by atoms with E-state index in [1.165, 1.54) is 13.0 Å². The molecule has 0 saturated carbocycles. The van der Waals surface area contributed by atoms with Gasteiger partial charge in [0.15, 0.2) is 0 Å². The van der Waals surface area contributed by atoms with Gasteiger partial charge in [0.1, 0.15) is 0 Å². The van der Waals surface area contributed by atoms with Crippen molar-refractivity contribution < 1.29 is 14.8 Å². The second-order valence-electron chi connectivity index (χ2n) is 2.65. The van der Waals surface area contributed by atoms with Crippen molar-refractivity contribution in [1.29, 1.82) is 0 Å². The van der Waals surface area contributed by atoms with Crippen molar-refractivity contribution in [3.63, 3.8) is 0 Å². The molecule has 1 aromatic carbocycles. The van der Waals surface area contributed by atoms with E-state index in [9.17, 15) is 9.59 Å². The summed E-state index contributed by atoms with van der Waals surface area (Å²) in [5, 5.41) is 12.0. The number of anilines is 2. The lowest BCUT2D eigenvalue weighted by Gasteiger charge is -2.13. The van der Waals surface area contributed by atoms with Gasteiger partial charge < -0.3 is 5.32 Å². The van der Waals surface area contributed by atoms with E-state index >= 15 is 0 Å². The van der Waals surface area contributed by atoms with Crippen molar-refractivity contribution in [1.82, 2.24) is 0 Å². The Kier molecular flexibility index (Phi) is 3.19. The second kappa shape index (κ2) is 4.38. The molecular weight excluding hydrogens is 184 g/mol. The number of nitrogens with zero attached hydrogens (tertiary/aromatic N) is 1. The van der Waals surface area contributed by atoms with E-state index < -0.39 is 0 Å². The minimum Gasteiger partial charge on any atom is -0.324 e. The van der Waals surface area contributed by atoms with Gasteiger partial charge in [0.2, 0.25) is 12.3 Å². The van der Waals surface area contributed by atoms with Gasteiger partial charge in [-0.2, -0.15) is 5.06 Å². The molecule has 0 fully saturated rings. The zero-order chi connectivity index (χ0) is 10.6. The number of carbonyl (C=O) groups excluding carboxylic acids is 2. The lowest BCUT2D eigenvalue weighted by Crippen LogP contribution is -2.18. The summed E-state index contributed by atoms with van der Waals surface area (Å²) in [5.74, 6) is -0.267. The van der Waals surface area contributed by atoms with Gasteiger partial charge in [-0.05, 0) is 12.1 Å². The number of benzene rings is 1. The first-order valence-electron chi connectivity index (χ1n) is 3.95. The van der Waals surface area contributed by atoms with Crippen LogP contribution in [0.25, 0.3) is 0 Å². The van der Waals surface area contributed by atoms with Crippen LogP contribution in [0.5, 0.6) is 0 Å². The monoisotopic (exact) mass is 194 g/mol. The molecule has 0 atom stereocenters. The lowest BCUT2D eigenvalue weighted by atomic mass is 10.2. The molecule has 1 rings (SSSR count). The molecular formula is C9H10N2O3. The Morgan fingerprint density at radius 2 is 2.14 bits per heavy atom. The summed E-state index contributed by atoms with van der Waals surface area (Å²) >= 11 is 0. The Bertz CT molecular complexity index is 352. The van der Waals surface area contributed by atoms with Crippen LogP contribution in [0.1, 0.15) is 6.92 Å². The third-order valence-electron chi connectivity index (χ3n) is 1.56. The topological polar surface area (TPSA) is 69.6 Å². The SMILES string of the molecule is CC(=O)Nc1ccccc1N(O)C=O. The molecule has 5 nitrogen and oxygen atoms in total. The molecule has 0 aliphatic rings. The number of carbonyl (C=O) groups is 2. The fraction of sp³-hybridized carbons (Fsp3) is 0.111. The highest BCUT2D eigenvalue weighted by Crippen LogP contribution is 2.23. The van der Waals surface area contributed by atoms with E-state index in [-0.39, 0.29) is 18.0 Å². The first-order chi connectivity index (χ1) is 6.65. The van der Waals surface area contributed by atoms with Crippen LogP contribution >= 0.6 is 0 Å². The van der Waals surface area contributed by atoms with Gasteiger partial charge in [0.25, 0.3) is 0 Å². The van der Waals surface area contributed by atoms with Crippen molar-refractivity contribution in [3.05, 3.63) is 24.3 Å². The molecule has 0 aliphatic carbocycles. The molecule has 2 amide bonds. The molecule has 0 radical (unpaired) electrons. The summed E-state index contributed by atoms with van der Waals surface area (Å²) in [4.78, 5) is 21.1. The highest BCUT2D eigenvalue weighted by molar-refractivity contribution is 5.94. The van der Waals surface area contributed by atoms with Gasteiger partial charge in [-0.1, -0.05) is 12.1 Å². The molecule has 0 heterocycles. The molecule has 2 N–H and O–H groups in total. The van der Waals surface area contributed by atoms with Crippen LogP contribution in [-0.4, -0.2) is 17.5 Å². The van der Waals surface area contributed by atoms with Crippen LogP contribution in [0.4, 0.5) is 11.4 Å². The Morgan fingerprint density at radius 1 is 1.50 bits per heavy atom. The van der Waals surface area contributed by atoms with Gasteiger partial charge in [0, 0.05) is 6.92 Å².